The van der Waals surface area contributed by atoms with Crippen molar-refractivity contribution in [1.29, 1.82) is 0 Å². The Labute approximate surface area is 121 Å². The molecule has 1 fully saturated rings. The summed E-state index contributed by atoms with van der Waals surface area (Å²) in [4.78, 5) is 4.75. The molecule has 3 rings (SSSR count). The van der Waals surface area contributed by atoms with Crippen LogP contribution in [0.1, 0.15) is 45.4 Å². The van der Waals surface area contributed by atoms with Gasteiger partial charge in [0.15, 0.2) is 0 Å². The van der Waals surface area contributed by atoms with Gasteiger partial charge < -0.3 is 5.32 Å². The molecule has 1 saturated carbocycles. The molecule has 1 atom stereocenters. The minimum absolute atomic E-state index is 0.573. The van der Waals surface area contributed by atoms with Crippen molar-refractivity contribution in [3.63, 3.8) is 0 Å². The maximum atomic E-state index is 4.75. The molecule has 0 spiro atoms. The van der Waals surface area contributed by atoms with Crippen LogP contribution in [0.2, 0.25) is 0 Å². The average molecular weight is 268 g/mol. The summed E-state index contributed by atoms with van der Waals surface area (Å²) in [5.74, 6) is 1.85. The number of anilines is 1. The fourth-order valence-corrected chi connectivity index (χ4v) is 3.43. The maximum absolute atomic E-state index is 4.75. The van der Waals surface area contributed by atoms with Crippen LogP contribution in [0.15, 0.2) is 36.4 Å². The molecule has 0 aliphatic heterocycles. The van der Waals surface area contributed by atoms with E-state index in [2.05, 4.69) is 48.6 Å². The molecule has 1 aromatic carbocycles. The van der Waals surface area contributed by atoms with Gasteiger partial charge in [-0.2, -0.15) is 0 Å². The van der Waals surface area contributed by atoms with Gasteiger partial charge in [0.05, 0.1) is 5.52 Å². The Morgan fingerprint density at radius 2 is 1.90 bits per heavy atom. The average Bonchev–Trinajstić information content (AvgIpc) is 2.53. The summed E-state index contributed by atoms with van der Waals surface area (Å²) in [5, 5.41) is 4.89. The summed E-state index contributed by atoms with van der Waals surface area (Å²) in [7, 11) is 0. The minimum atomic E-state index is 0.573. The summed E-state index contributed by atoms with van der Waals surface area (Å²) in [5.41, 5.74) is 1.08. The number of aromatic nitrogens is 1. The largest absolute Gasteiger partial charge is 0.367 e. The van der Waals surface area contributed by atoms with E-state index in [4.69, 9.17) is 4.98 Å². The Morgan fingerprint density at radius 1 is 1.10 bits per heavy atom. The zero-order valence-corrected chi connectivity index (χ0v) is 12.3. The summed E-state index contributed by atoms with van der Waals surface area (Å²) in [6.45, 7) is 2.29. The molecule has 1 aromatic heterocycles. The highest BCUT2D eigenvalue weighted by molar-refractivity contribution is 5.80. The van der Waals surface area contributed by atoms with Crippen LogP contribution in [0.25, 0.3) is 10.9 Å². The highest BCUT2D eigenvalue weighted by atomic mass is 15.0. The van der Waals surface area contributed by atoms with Crippen LogP contribution in [-0.2, 0) is 0 Å². The molecule has 0 amide bonds. The number of para-hydroxylation sites is 1. The van der Waals surface area contributed by atoms with Crippen LogP contribution in [0, 0.1) is 5.92 Å². The molecule has 0 radical (unpaired) electrons. The van der Waals surface area contributed by atoms with Gasteiger partial charge in [-0.3, -0.25) is 0 Å². The Balaban J connectivity index is 1.76. The molecular formula is C18H24N2. The van der Waals surface area contributed by atoms with Crippen LogP contribution >= 0.6 is 0 Å². The minimum Gasteiger partial charge on any atom is -0.367 e. The molecule has 1 aliphatic rings. The lowest BCUT2D eigenvalue weighted by atomic mass is 9.83. The van der Waals surface area contributed by atoms with Gasteiger partial charge in [-0.25, -0.2) is 4.98 Å². The first-order valence-corrected chi connectivity index (χ1v) is 7.99. The Morgan fingerprint density at radius 3 is 2.70 bits per heavy atom. The highest BCUT2D eigenvalue weighted by Crippen LogP contribution is 2.29. The summed E-state index contributed by atoms with van der Waals surface area (Å²) in [6, 6.07) is 13.2. The first-order valence-electron chi connectivity index (χ1n) is 7.99. The number of nitrogens with one attached hydrogen (secondary N) is 1. The van der Waals surface area contributed by atoms with Gasteiger partial charge in [-0.05, 0) is 43.4 Å². The van der Waals surface area contributed by atoms with E-state index < -0.39 is 0 Å². The van der Waals surface area contributed by atoms with Gasteiger partial charge in [0.1, 0.15) is 5.82 Å². The second-order valence-corrected chi connectivity index (χ2v) is 5.95. The topological polar surface area (TPSA) is 24.9 Å². The lowest BCUT2D eigenvalue weighted by Gasteiger charge is -2.30. The first kappa shape index (κ1) is 13.4. The summed E-state index contributed by atoms with van der Waals surface area (Å²) < 4.78 is 0. The third kappa shape index (κ3) is 2.95. The van der Waals surface area contributed by atoms with E-state index in [9.17, 15) is 0 Å². The maximum Gasteiger partial charge on any atom is 0.126 e. The number of nitrogens with zero attached hydrogens (tertiary/aromatic N) is 1. The first-order chi connectivity index (χ1) is 9.86. The van der Waals surface area contributed by atoms with Gasteiger partial charge in [-0.15, -0.1) is 0 Å². The van der Waals surface area contributed by atoms with Crippen molar-refractivity contribution in [2.75, 3.05) is 5.32 Å². The van der Waals surface area contributed by atoms with E-state index in [-0.39, 0.29) is 0 Å². The lowest BCUT2D eigenvalue weighted by molar-refractivity contribution is 0.312. The van der Waals surface area contributed by atoms with Crippen molar-refractivity contribution >= 4 is 16.7 Å². The Hall–Kier alpha value is -1.57. The second-order valence-electron chi connectivity index (χ2n) is 5.95. The van der Waals surface area contributed by atoms with Crippen LogP contribution < -0.4 is 5.32 Å². The van der Waals surface area contributed by atoms with Crippen molar-refractivity contribution < 1.29 is 0 Å². The van der Waals surface area contributed by atoms with E-state index in [1.807, 2.05) is 0 Å². The third-order valence-corrected chi connectivity index (χ3v) is 4.59. The van der Waals surface area contributed by atoms with E-state index in [1.54, 1.807) is 0 Å². The van der Waals surface area contributed by atoms with Gasteiger partial charge in [0, 0.05) is 11.4 Å². The van der Waals surface area contributed by atoms with Crippen molar-refractivity contribution in [3.8, 4) is 0 Å². The quantitative estimate of drug-likeness (QED) is 0.843. The molecule has 2 heteroatoms. The molecule has 1 unspecified atom stereocenters. The molecule has 0 saturated heterocycles. The van der Waals surface area contributed by atoms with Crippen molar-refractivity contribution in [1.82, 2.24) is 4.98 Å². The van der Waals surface area contributed by atoms with Crippen LogP contribution in [0.3, 0.4) is 0 Å². The fourth-order valence-electron chi connectivity index (χ4n) is 3.43. The summed E-state index contributed by atoms with van der Waals surface area (Å²) in [6.07, 6.45) is 8.14. The fraction of sp³-hybridized carbons (Fsp3) is 0.500. The highest BCUT2D eigenvalue weighted by Gasteiger charge is 2.22. The summed E-state index contributed by atoms with van der Waals surface area (Å²) >= 11 is 0. The molecule has 20 heavy (non-hydrogen) atoms. The van der Waals surface area contributed by atoms with Gasteiger partial charge >= 0.3 is 0 Å². The molecule has 1 aliphatic carbocycles. The normalized spacial score (nSPS) is 18.1. The SMILES string of the molecule is CCC(Nc1ccc2ccccc2n1)C1CCCCC1. The van der Waals surface area contributed by atoms with Crippen LogP contribution in [-0.4, -0.2) is 11.0 Å². The zero-order valence-electron chi connectivity index (χ0n) is 12.3. The number of hydrogen-bond acceptors (Lipinski definition) is 2. The van der Waals surface area contributed by atoms with Crippen molar-refractivity contribution in [2.45, 2.75) is 51.5 Å². The standard InChI is InChI=1S/C18H24N2/c1-2-16(14-8-4-3-5-9-14)19-18-13-12-15-10-6-7-11-17(15)20-18/h6-7,10-14,16H,2-5,8-9H2,1H3,(H,19,20). The molecule has 2 nitrogen and oxygen atoms in total. The smallest absolute Gasteiger partial charge is 0.126 e. The predicted octanol–water partition coefficient (Wildman–Crippen LogP) is 5.01. The van der Waals surface area contributed by atoms with Crippen molar-refractivity contribution in [2.24, 2.45) is 5.92 Å². The van der Waals surface area contributed by atoms with E-state index in [0.717, 1.165) is 17.3 Å². The second kappa shape index (κ2) is 6.25. The Kier molecular flexibility index (Phi) is 4.19. The zero-order chi connectivity index (χ0) is 13.8. The molecule has 1 N–H and O–H groups in total. The van der Waals surface area contributed by atoms with E-state index in [1.165, 1.54) is 43.9 Å². The predicted molar refractivity (Wildman–Crippen MR) is 86.0 cm³/mol. The van der Waals surface area contributed by atoms with Gasteiger partial charge in [-0.1, -0.05) is 44.4 Å². The van der Waals surface area contributed by atoms with Gasteiger partial charge in [0.25, 0.3) is 0 Å². The molecule has 2 aromatic rings. The van der Waals surface area contributed by atoms with E-state index in [0.29, 0.717) is 6.04 Å². The molecule has 1 heterocycles. The number of benzene rings is 1. The third-order valence-electron chi connectivity index (χ3n) is 4.59. The molecular weight excluding hydrogens is 244 g/mol. The van der Waals surface area contributed by atoms with Crippen molar-refractivity contribution in [3.05, 3.63) is 36.4 Å². The number of hydrogen-bond donors (Lipinski definition) is 1. The molecule has 106 valence electrons. The van der Waals surface area contributed by atoms with E-state index >= 15 is 0 Å². The number of fused-ring (bicyclic) bond motifs is 1. The monoisotopic (exact) mass is 268 g/mol. The lowest BCUT2D eigenvalue weighted by Crippen LogP contribution is -2.30. The Bertz CT molecular complexity index is 558. The van der Waals surface area contributed by atoms with Crippen LogP contribution in [0.4, 0.5) is 5.82 Å². The van der Waals surface area contributed by atoms with Crippen LogP contribution in [0.5, 0.6) is 0 Å². The van der Waals surface area contributed by atoms with Gasteiger partial charge in [0.2, 0.25) is 0 Å². The number of rotatable bonds is 4. The number of pyridine rings is 1. The molecule has 0 bridgehead atoms.